The number of nitriles is 1. The normalized spacial score (nSPS) is 10.7. The summed E-state index contributed by atoms with van der Waals surface area (Å²) in [6.45, 7) is 0. The average molecular weight is 194 g/mol. The Morgan fingerprint density at radius 1 is 1.62 bits per heavy atom. The van der Waals surface area contributed by atoms with Crippen LogP contribution in [0.4, 0.5) is 0 Å². The average Bonchev–Trinajstić information content (AvgIpc) is 2.18. The first-order chi connectivity index (χ1) is 6.27. The van der Waals surface area contributed by atoms with Crippen molar-refractivity contribution in [1.29, 1.82) is 5.26 Å². The smallest absolute Gasteiger partial charge is 0.119 e. The number of nitrogens with zero attached hydrogens (tertiary/aromatic N) is 1. The Labute approximate surface area is 82.0 Å². The molecule has 2 nitrogen and oxygen atoms in total. The SMILES string of the molecule is COc1cccc(/C(Cl)=C\C#N)c1. The predicted octanol–water partition coefficient (Wildman–Crippen LogP) is 2.80. The van der Waals surface area contributed by atoms with Gasteiger partial charge in [-0.25, -0.2) is 0 Å². The van der Waals surface area contributed by atoms with Gasteiger partial charge in [0, 0.05) is 6.08 Å². The maximum Gasteiger partial charge on any atom is 0.119 e. The molecule has 0 atom stereocenters. The number of benzene rings is 1. The van der Waals surface area contributed by atoms with Crippen LogP contribution in [0.3, 0.4) is 0 Å². The Morgan fingerprint density at radius 2 is 2.38 bits per heavy atom. The molecule has 0 aromatic heterocycles. The largest absolute Gasteiger partial charge is 0.497 e. The zero-order valence-electron chi connectivity index (χ0n) is 7.12. The molecule has 1 rings (SSSR count). The molecule has 0 fully saturated rings. The summed E-state index contributed by atoms with van der Waals surface area (Å²) in [5.41, 5.74) is 0.780. The number of allylic oxidation sites excluding steroid dienone is 1. The Kier molecular flexibility index (Phi) is 3.36. The van der Waals surface area contributed by atoms with Crippen molar-refractivity contribution in [3.05, 3.63) is 35.9 Å². The summed E-state index contributed by atoms with van der Waals surface area (Å²) in [6, 6.07) is 9.10. The fourth-order valence-electron chi connectivity index (χ4n) is 0.912. The minimum absolute atomic E-state index is 0.418. The van der Waals surface area contributed by atoms with E-state index in [-0.39, 0.29) is 0 Å². The van der Waals surface area contributed by atoms with E-state index in [2.05, 4.69) is 0 Å². The third-order valence-corrected chi connectivity index (χ3v) is 1.86. The fraction of sp³-hybridized carbons (Fsp3) is 0.100. The van der Waals surface area contributed by atoms with Gasteiger partial charge in [0.1, 0.15) is 5.75 Å². The van der Waals surface area contributed by atoms with Crippen LogP contribution in [-0.4, -0.2) is 7.11 Å². The van der Waals surface area contributed by atoms with Crippen LogP contribution in [0.2, 0.25) is 0 Å². The van der Waals surface area contributed by atoms with E-state index < -0.39 is 0 Å². The lowest BCUT2D eigenvalue weighted by Gasteiger charge is -2.01. The second kappa shape index (κ2) is 4.54. The van der Waals surface area contributed by atoms with E-state index >= 15 is 0 Å². The van der Waals surface area contributed by atoms with Crippen molar-refractivity contribution in [2.45, 2.75) is 0 Å². The first-order valence-corrected chi connectivity index (χ1v) is 4.05. The highest BCUT2D eigenvalue weighted by molar-refractivity contribution is 6.49. The van der Waals surface area contributed by atoms with Gasteiger partial charge in [-0.1, -0.05) is 23.7 Å². The van der Waals surface area contributed by atoms with Crippen LogP contribution in [0, 0.1) is 11.3 Å². The van der Waals surface area contributed by atoms with Crippen LogP contribution in [-0.2, 0) is 0 Å². The third kappa shape index (κ3) is 2.50. The second-order valence-corrected chi connectivity index (χ2v) is 2.76. The highest BCUT2D eigenvalue weighted by Gasteiger charge is 1.98. The first kappa shape index (κ1) is 9.63. The Bertz CT molecular complexity index is 365. The topological polar surface area (TPSA) is 33.0 Å². The summed E-state index contributed by atoms with van der Waals surface area (Å²) in [4.78, 5) is 0. The number of halogens is 1. The Balaban J connectivity index is 3.03. The Hall–Kier alpha value is -1.46. The number of ether oxygens (including phenoxy) is 1. The molecule has 3 heteroatoms. The van der Waals surface area contributed by atoms with Crippen LogP contribution in [0.25, 0.3) is 5.03 Å². The maximum atomic E-state index is 8.38. The molecule has 1 aromatic carbocycles. The minimum Gasteiger partial charge on any atom is -0.497 e. The van der Waals surface area contributed by atoms with E-state index in [4.69, 9.17) is 21.6 Å². The van der Waals surface area contributed by atoms with E-state index in [1.54, 1.807) is 13.2 Å². The summed E-state index contributed by atoms with van der Waals surface area (Å²) >= 11 is 5.82. The molecule has 0 radical (unpaired) electrons. The molecule has 0 saturated heterocycles. The zero-order valence-corrected chi connectivity index (χ0v) is 7.88. The summed E-state index contributed by atoms with van der Waals surface area (Å²) in [6.07, 6.45) is 1.29. The van der Waals surface area contributed by atoms with Crippen molar-refractivity contribution < 1.29 is 4.74 Å². The van der Waals surface area contributed by atoms with Crippen molar-refractivity contribution in [3.8, 4) is 11.8 Å². The monoisotopic (exact) mass is 193 g/mol. The van der Waals surface area contributed by atoms with Gasteiger partial charge in [0.2, 0.25) is 0 Å². The van der Waals surface area contributed by atoms with Gasteiger partial charge < -0.3 is 4.74 Å². The van der Waals surface area contributed by atoms with Crippen molar-refractivity contribution >= 4 is 16.6 Å². The molecule has 0 N–H and O–H groups in total. The molecule has 0 amide bonds. The van der Waals surface area contributed by atoms with E-state index in [1.165, 1.54) is 6.08 Å². The van der Waals surface area contributed by atoms with E-state index in [9.17, 15) is 0 Å². The van der Waals surface area contributed by atoms with Crippen LogP contribution >= 0.6 is 11.6 Å². The number of hydrogen-bond donors (Lipinski definition) is 0. The number of rotatable bonds is 2. The van der Waals surface area contributed by atoms with Gasteiger partial charge in [-0.15, -0.1) is 0 Å². The molecule has 1 aromatic rings. The summed E-state index contributed by atoms with van der Waals surface area (Å²) in [5, 5.41) is 8.80. The molecule has 0 aliphatic rings. The Morgan fingerprint density at radius 3 is 3.00 bits per heavy atom. The van der Waals surface area contributed by atoms with Crippen LogP contribution in [0.15, 0.2) is 30.3 Å². The minimum atomic E-state index is 0.418. The first-order valence-electron chi connectivity index (χ1n) is 3.67. The van der Waals surface area contributed by atoms with Gasteiger partial charge in [-0.2, -0.15) is 5.26 Å². The van der Waals surface area contributed by atoms with Gasteiger partial charge in [0.15, 0.2) is 0 Å². The standard InChI is InChI=1S/C10H8ClNO/c1-13-9-4-2-3-8(7-9)10(11)5-6-12/h2-5,7H,1H3/b10-5+. The van der Waals surface area contributed by atoms with Crippen LogP contribution in [0.1, 0.15) is 5.56 Å². The number of hydrogen-bond acceptors (Lipinski definition) is 2. The predicted molar refractivity (Wildman–Crippen MR) is 52.4 cm³/mol. The lowest BCUT2D eigenvalue weighted by atomic mass is 10.2. The highest BCUT2D eigenvalue weighted by atomic mass is 35.5. The molecule has 0 heterocycles. The van der Waals surface area contributed by atoms with Crippen molar-refractivity contribution in [2.24, 2.45) is 0 Å². The molecule has 0 aliphatic carbocycles. The van der Waals surface area contributed by atoms with Gasteiger partial charge in [-0.3, -0.25) is 0 Å². The third-order valence-electron chi connectivity index (χ3n) is 1.54. The molecule has 0 bridgehead atoms. The van der Waals surface area contributed by atoms with Gasteiger partial charge in [0.25, 0.3) is 0 Å². The van der Waals surface area contributed by atoms with E-state index in [1.807, 2.05) is 24.3 Å². The molecule has 13 heavy (non-hydrogen) atoms. The van der Waals surface area contributed by atoms with Crippen molar-refractivity contribution in [2.75, 3.05) is 7.11 Å². The molecule has 0 spiro atoms. The maximum absolute atomic E-state index is 8.38. The summed E-state index contributed by atoms with van der Waals surface area (Å²) in [7, 11) is 1.58. The van der Waals surface area contributed by atoms with Gasteiger partial charge in [0.05, 0.1) is 18.2 Å². The van der Waals surface area contributed by atoms with Crippen LogP contribution < -0.4 is 4.74 Å². The highest BCUT2D eigenvalue weighted by Crippen LogP contribution is 2.22. The van der Waals surface area contributed by atoms with Crippen LogP contribution in [0.5, 0.6) is 5.75 Å². The summed E-state index contributed by atoms with van der Waals surface area (Å²) < 4.78 is 5.01. The zero-order chi connectivity index (χ0) is 9.68. The number of methoxy groups -OCH3 is 1. The molecule has 0 unspecified atom stereocenters. The van der Waals surface area contributed by atoms with Crippen molar-refractivity contribution in [1.82, 2.24) is 0 Å². The lowest BCUT2D eigenvalue weighted by Crippen LogP contribution is -1.83. The molecule has 0 saturated carbocycles. The quantitative estimate of drug-likeness (QED) is 0.677. The van der Waals surface area contributed by atoms with Crippen molar-refractivity contribution in [3.63, 3.8) is 0 Å². The summed E-state index contributed by atoms with van der Waals surface area (Å²) in [5.74, 6) is 0.724. The fourth-order valence-corrected chi connectivity index (χ4v) is 1.08. The molecular formula is C10H8ClNO. The molecule has 66 valence electrons. The molecular weight excluding hydrogens is 186 g/mol. The second-order valence-electron chi connectivity index (χ2n) is 2.35. The van der Waals surface area contributed by atoms with E-state index in [0.29, 0.717) is 5.03 Å². The van der Waals surface area contributed by atoms with Gasteiger partial charge >= 0.3 is 0 Å². The molecule has 0 aliphatic heterocycles. The van der Waals surface area contributed by atoms with E-state index in [0.717, 1.165) is 11.3 Å². The van der Waals surface area contributed by atoms with Gasteiger partial charge in [-0.05, 0) is 17.7 Å². The lowest BCUT2D eigenvalue weighted by molar-refractivity contribution is 0.414.